The van der Waals surface area contributed by atoms with Crippen LogP contribution in [-0.2, 0) is 0 Å². The topological polar surface area (TPSA) is 97.6 Å². The van der Waals surface area contributed by atoms with Crippen molar-refractivity contribution >= 4 is 34.8 Å². The molecule has 1 fully saturated rings. The number of nitro groups is 1. The Labute approximate surface area is 235 Å². The number of fused-ring (bicyclic) bond motifs is 5. The fourth-order valence-electron chi connectivity index (χ4n) is 7.01. The Hall–Kier alpha value is -5.17. The van der Waals surface area contributed by atoms with Crippen LogP contribution in [0.15, 0.2) is 103 Å². The van der Waals surface area contributed by atoms with Crippen LogP contribution < -0.4 is 4.90 Å². The highest BCUT2D eigenvalue weighted by molar-refractivity contribution is 6.32. The SMILES string of the molecule is Cc1ccc(C(=O)[C@H]2[C@@H](c3cccc([N+](=O)[O-])c3)C3(C(=O)c4ccccc4C3=O)[C@H]3C=Cc4ccccc4N23)cc1. The molecule has 4 aromatic rings. The first-order valence-electron chi connectivity index (χ1n) is 13.4. The van der Waals surface area contributed by atoms with E-state index in [1.165, 1.54) is 12.1 Å². The lowest BCUT2D eigenvalue weighted by atomic mass is 9.64. The van der Waals surface area contributed by atoms with E-state index >= 15 is 0 Å². The second-order valence-corrected chi connectivity index (χ2v) is 10.8. The zero-order valence-electron chi connectivity index (χ0n) is 22.1. The number of carbonyl (C=O) groups is 3. The number of aryl methyl sites for hydroxylation is 1. The molecule has 0 bridgehead atoms. The molecule has 3 aliphatic rings. The minimum atomic E-state index is -1.70. The van der Waals surface area contributed by atoms with Crippen LogP contribution in [0.2, 0.25) is 0 Å². The molecule has 0 amide bonds. The van der Waals surface area contributed by atoms with Crippen molar-refractivity contribution in [1.29, 1.82) is 0 Å². The van der Waals surface area contributed by atoms with Crippen LogP contribution in [0.3, 0.4) is 0 Å². The molecule has 3 atom stereocenters. The lowest BCUT2D eigenvalue weighted by Gasteiger charge is -2.37. The van der Waals surface area contributed by atoms with Crippen molar-refractivity contribution in [1.82, 2.24) is 0 Å². The second-order valence-electron chi connectivity index (χ2n) is 10.8. The fourth-order valence-corrected chi connectivity index (χ4v) is 7.01. The Morgan fingerprint density at radius 3 is 2.20 bits per heavy atom. The standard InChI is InChI=1S/C34H24N2O5/c1-20-13-15-22(16-14-20)31(37)30-29(23-8-6-9-24(19-23)36(40)41)34(32(38)25-10-3-4-11-26(25)33(34)39)28-18-17-21-7-2-5-12-27(21)35(28)30/h2-19,28-30H,1H3/t28-,29-,30-/m1/s1. The molecule has 4 aromatic carbocycles. The number of benzene rings is 4. The highest BCUT2D eigenvalue weighted by Crippen LogP contribution is 2.61. The van der Waals surface area contributed by atoms with Crippen molar-refractivity contribution in [3.63, 3.8) is 0 Å². The van der Waals surface area contributed by atoms with E-state index in [1.54, 1.807) is 48.5 Å². The van der Waals surface area contributed by atoms with E-state index in [0.29, 0.717) is 22.3 Å². The molecule has 41 heavy (non-hydrogen) atoms. The Bertz CT molecular complexity index is 1790. The molecule has 1 saturated heterocycles. The third-order valence-corrected chi connectivity index (χ3v) is 8.76. The van der Waals surface area contributed by atoms with Crippen LogP contribution in [-0.4, -0.2) is 34.4 Å². The molecule has 1 aliphatic carbocycles. The van der Waals surface area contributed by atoms with Gasteiger partial charge < -0.3 is 4.90 Å². The maximum absolute atomic E-state index is 14.6. The molecular formula is C34H24N2O5. The molecule has 0 unspecified atom stereocenters. The molecule has 2 aliphatic heterocycles. The lowest BCUT2D eigenvalue weighted by Crippen LogP contribution is -2.48. The maximum Gasteiger partial charge on any atom is 0.269 e. The first-order valence-corrected chi connectivity index (χ1v) is 13.4. The average molecular weight is 541 g/mol. The van der Waals surface area contributed by atoms with Crippen LogP contribution >= 0.6 is 0 Å². The number of hydrogen-bond acceptors (Lipinski definition) is 6. The predicted octanol–water partition coefficient (Wildman–Crippen LogP) is 6.22. The van der Waals surface area contributed by atoms with Gasteiger partial charge in [0.25, 0.3) is 5.69 Å². The van der Waals surface area contributed by atoms with E-state index in [9.17, 15) is 24.5 Å². The van der Waals surface area contributed by atoms with Crippen LogP contribution in [0.5, 0.6) is 0 Å². The summed E-state index contributed by atoms with van der Waals surface area (Å²) in [7, 11) is 0. The van der Waals surface area contributed by atoms with E-state index in [0.717, 1.165) is 16.8 Å². The van der Waals surface area contributed by atoms with Gasteiger partial charge in [0.1, 0.15) is 11.5 Å². The number of para-hydroxylation sites is 1. The number of carbonyl (C=O) groups excluding carboxylic acids is 3. The van der Waals surface area contributed by atoms with Gasteiger partial charge in [-0.05, 0) is 24.1 Å². The Morgan fingerprint density at radius 2 is 1.51 bits per heavy atom. The number of ketones is 3. The van der Waals surface area contributed by atoms with E-state index in [-0.39, 0.29) is 23.0 Å². The van der Waals surface area contributed by atoms with Gasteiger partial charge in [0, 0.05) is 40.4 Å². The highest BCUT2D eigenvalue weighted by Gasteiger charge is 2.71. The van der Waals surface area contributed by atoms with Gasteiger partial charge in [-0.1, -0.05) is 96.6 Å². The Morgan fingerprint density at radius 1 is 0.854 bits per heavy atom. The number of anilines is 1. The van der Waals surface area contributed by atoms with Gasteiger partial charge in [0.15, 0.2) is 17.3 Å². The fraction of sp³-hybridized carbons (Fsp3) is 0.147. The summed E-state index contributed by atoms with van der Waals surface area (Å²) in [4.78, 5) is 57.1. The summed E-state index contributed by atoms with van der Waals surface area (Å²) in [5.41, 5.74) is 2.16. The van der Waals surface area contributed by atoms with Gasteiger partial charge in [-0.15, -0.1) is 0 Å². The molecule has 2 heterocycles. The minimum Gasteiger partial charge on any atom is -0.352 e. The zero-order chi connectivity index (χ0) is 28.5. The first kappa shape index (κ1) is 24.8. The normalized spacial score (nSPS) is 21.5. The van der Waals surface area contributed by atoms with Crippen molar-refractivity contribution < 1.29 is 19.3 Å². The van der Waals surface area contributed by atoms with E-state index < -0.39 is 28.3 Å². The number of rotatable bonds is 4. The molecule has 7 nitrogen and oxygen atoms in total. The molecule has 7 heteroatoms. The van der Waals surface area contributed by atoms with Gasteiger partial charge in [0.2, 0.25) is 0 Å². The molecule has 1 spiro atoms. The van der Waals surface area contributed by atoms with Gasteiger partial charge in [-0.3, -0.25) is 24.5 Å². The summed E-state index contributed by atoms with van der Waals surface area (Å²) in [6.07, 6.45) is 3.74. The van der Waals surface area contributed by atoms with Gasteiger partial charge >= 0.3 is 0 Å². The van der Waals surface area contributed by atoms with Gasteiger partial charge in [-0.25, -0.2) is 0 Å². The molecule has 7 rings (SSSR count). The average Bonchev–Trinajstić information content (AvgIpc) is 3.43. The summed E-state index contributed by atoms with van der Waals surface area (Å²) in [6.45, 7) is 1.93. The van der Waals surface area contributed by atoms with E-state index in [2.05, 4.69) is 0 Å². The van der Waals surface area contributed by atoms with Crippen LogP contribution in [0, 0.1) is 22.5 Å². The molecule has 0 radical (unpaired) electrons. The first-order chi connectivity index (χ1) is 19.8. The van der Waals surface area contributed by atoms with Gasteiger partial charge in [0.05, 0.1) is 11.0 Å². The number of non-ortho nitro benzene ring substituents is 1. The summed E-state index contributed by atoms with van der Waals surface area (Å²) >= 11 is 0. The molecule has 0 saturated carbocycles. The lowest BCUT2D eigenvalue weighted by molar-refractivity contribution is -0.384. The monoisotopic (exact) mass is 540 g/mol. The largest absolute Gasteiger partial charge is 0.352 e. The summed E-state index contributed by atoms with van der Waals surface area (Å²) in [6, 6.07) is 25.8. The zero-order valence-corrected chi connectivity index (χ0v) is 22.1. The summed E-state index contributed by atoms with van der Waals surface area (Å²) in [5.74, 6) is -1.99. The second kappa shape index (κ2) is 8.93. The van der Waals surface area contributed by atoms with Gasteiger partial charge in [-0.2, -0.15) is 0 Å². The quantitative estimate of drug-likeness (QED) is 0.132. The molecule has 0 aromatic heterocycles. The third-order valence-electron chi connectivity index (χ3n) is 8.76. The third kappa shape index (κ3) is 3.35. The van der Waals surface area contributed by atoms with E-state index in [4.69, 9.17) is 0 Å². The van der Waals surface area contributed by atoms with Crippen LogP contribution in [0.25, 0.3) is 6.08 Å². The van der Waals surface area contributed by atoms with E-state index in [1.807, 2.05) is 60.4 Å². The summed E-state index contributed by atoms with van der Waals surface area (Å²) in [5, 5.41) is 11.9. The van der Waals surface area contributed by atoms with Crippen molar-refractivity contribution in [3.8, 4) is 0 Å². The Kier molecular flexibility index (Phi) is 5.41. The smallest absolute Gasteiger partial charge is 0.269 e. The van der Waals surface area contributed by atoms with Crippen molar-refractivity contribution in [2.24, 2.45) is 5.41 Å². The number of Topliss-reactive ketones (excluding diaryl/α,β-unsaturated/α-hetero) is 3. The summed E-state index contributed by atoms with van der Waals surface area (Å²) < 4.78 is 0. The minimum absolute atomic E-state index is 0.171. The number of nitrogens with zero attached hydrogens (tertiary/aromatic N) is 2. The predicted molar refractivity (Wildman–Crippen MR) is 154 cm³/mol. The number of hydrogen-bond donors (Lipinski definition) is 0. The molecular weight excluding hydrogens is 516 g/mol. The molecule has 0 N–H and O–H groups in total. The van der Waals surface area contributed by atoms with Crippen molar-refractivity contribution in [2.75, 3.05) is 4.90 Å². The van der Waals surface area contributed by atoms with Crippen LogP contribution in [0.4, 0.5) is 11.4 Å². The van der Waals surface area contributed by atoms with Crippen molar-refractivity contribution in [2.45, 2.75) is 24.9 Å². The Balaban J connectivity index is 1.56. The number of nitro benzene ring substituents is 1. The van der Waals surface area contributed by atoms with Crippen molar-refractivity contribution in [3.05, 3.63) is 147 Å². The molecule has 200 valence electrons. The van der Waals surface area contributed by atoms with Crippen LogP contribution in [0.1, 0.15) is 53.7 Å². The maximum atomic E-state index is 14.6. The highest BCUT2D eigenvalue weighted by atomic mass is 16.6.